The monoisotopic (exact) mass is 533 g/mol. The molecular weight excluding hydrogens is 517 g/mol. The number of hydrogen-bond acceptors (Lipinski definition) is 6. The molecule has 15 heteroatoms. The first-order chi connectivity index (χ1) is 15.2. The Bertz CT molecular complexity index is 1130. The number of carbonyl (C=O) groups excluding carboxylic acids is 1. The molecule has 0 radical (unpaired) electrons. The van der Waals surface area contributed by atoms with Crippen LogP contribution >= 0.6 is 23.2 Å². The lowest BCUT2D eigenvalue weighted by atomic mass is 10.1. The van der Waals surface area contributed by atoms with Gasteiger partial charge in [0.2, 0.25) is 5.88 Å². The summed E-state index contributed by atoms with van der Waals surface area (Å²) in [5.41, 5.74) is -0.484. The van der Waals surface area contributed by atoms with Crippen LogP contribution in [0.3, 0.4) is 0 Å². The Labute approximate surface area is 196 Å². The molecule has 1 N–H and O–H groups in total. The van der Waals surface area contributed by atoms with Crippen LogP contribution in [0.25, 0.3) is 0 Å². The molecule has 0 aliphatic carbocycles. The predicted molar refractivity (Wildman–Crippen MR) is 111 cm³/mol. The van der Waals surface area contributed by atoms with Gasteiger partial charge in [-0.05, 0) is 12.1 Å². The molecule has 1 amide bonds. The quantitative estimate of drug-likeness (QED) is 0.489. The molecule has 8 nitrogen and oxygen atoms in total. The van der Waals surface area contributed by atoms with Gasteiger partial charge < -0.3 is 9.47 Å². The third-order valence-electron chi connectivity index (χ3n) is 3.88. The van der Waals surface area contributed by atoms with Gasteiger partial charge in [-0.1, -0.05) is 23.2 Å². The van der Waals surface area contributed by atoms with Crippen molar-refractivity contribution in [3.05, 3.63) is 51.4 Å². The van der Waals surface area contributed by atoms with Crippen LogP contribution in [-0.4, -0.2) is 50.5 Å². The maximum absolute atomic E-state index is 14.4. The highest BCUT2D eigenvalue weighted by Crippen LogP contribution is 2.29. The van der Waals surface area contributed by atoms with Crippen molar-refractivity contribution in [1.82, 2.24) is 14.0 Å². The minimum Gasteiger partial charge on any atom is -0.487 e. The zero-order valence-electron chi connectivity index (χ0n) is 17.0. The molecule has 2 aromatic rings. The number of ether oxygens (including phenoxy) is 2. The first-order valence-corrected chi connectivity index (χ1v) is 11.1. The minimum atomic E-state index is -4.39. The molecule has 0 bridgehead atoms. The van der Waals surface area contributed by atoms with Gasteiger partial charge in [0.25, 0.3) is 5.91 Å². The Morgan fingerprint density at radius 1 is 1.15 bits per heavy atom. The molecular formula is C18H17Cl2F4N3O5S. The number of nitrogens with zero attached hydrogens (tertiary/aromatic N) is 2. The predicted octanol–water partition coefficient (Wildman–Crippen LogP) is 3.97. The fraction of sp³-hybridized carbons (Fsp3) is 0.333. The van der Waals surface area contributed by atoms with Crippen LogP contribution in [0.15, 0.2) is 24.4 Å². The molecule has 0 atom stereocenters. The Morgan fingerprint density at radius 2 is 1.82 bits per heavy atom. The van der Waals surface area contributed by atoms with Crippen molar-refractivity contribution in [2.45, 2.75) is 19.2 Å². The smallest absolute Gasteiger partial charge is 0.392 e. The van der Waals surface area contributed by atoms with Crippen LogP contribution < -0.4 is 14.2 Å². The number of rotatable bonds is 9. The minimum absolute atomic E-state index is 0.0820. The summed E-state index contributed by atoms with van der Waals surface area (Å²) in [5, 5.41) is -0.198. The second-order valence-electron chi connectivity index (χ2n) is 6.60. The van der Waals surface area contributed by atoms with E-state index < -0.39 is 46.7 Å². The topological polar surface area (TPSA) is 97.8 Å². The highest BCUT2D eigenvalue weighted by atomic mass is 35.5. The molecule has 0 saturated heterocycles. The van der Waals surface area contributed by atoms with Crippen molar-refractivity contribution in [2.24, 2.45) is 0 Å². The number of benzene rings is 1. The fourth-order valence-electron chi connectivity index (χ4n) is 2.15. The van der Waals surface area contributed by atoms with E-state index in [-0.39, 0.29) is 33.8 Å². The highest BCUT2D eigenvalue weighted by molar-refractivity contribution is 7.87. The first-order valence-electron chi connectivity index (χ1n) is 8.90. The van der Waals surface area contributed by atoms with Crippen LogP contribution in [0.4, 0.5) is 17.6 Å². The zero-order chi connectivity index (χ0) is 25.0. The molecule has 0 spiro atoms. The molecule has 2 rings (SSSR count). The first kappa shape index (κ1) is 26.9. The number of hydrogen-bond donors (Lipinski definition) is 1. The third kappa shape index (κ3) is 7.88. The van der Waals surface area contributed by atoms with Crippen LogP contribution in [0.1, 0.15) is 22.3 Å². The van der Waals surface area contributed by atoms with Crippen LogP contribution in [0, 0.1) is 5.82 Å². The van der Waals surface area contributed by atoms with Gasteiger partial charge in [0.15, 0.2) is 0 Å². The summed E-state index contributed by atoms with van der Waals surface area (Å²) in [4.78, 5) is 15.9. The van der Waals surface area contributed by atoms with E-state index in [1.807, 2.05) is 0 Å². The Morgan fingerprint density at radius 3 is 2.39 bits per heavy atom. The van der Waals surface area contributed by atoms with Crippen LogP contribution in [0.2, 0.25) is 10.0 Å². The van der Waals surface area contributed by atoms with E-state index in [0.717, 1.165) is 22.6 Å². The van der Waals surface area contributed by atoms with Crippen LogP contribution in [-0.2, 0) is 16.8 Å². The summed E-state index contributed by atoms with van der Waals surface area (Å²) in [5.74, 6) is -2.40. The maximum atomic E-state index is 14.4. The van der Waals surface area contributed by atoms with Crippen molar-refractivity contribution >= 4 is 39.3 Å². The lowest BCUT2D eigenvalue weighted by molar-refractivity contribution is -0.139. The number of nitrogens with one attached hydrogen (secondary N) is 1. The molecule has 182 valence electrons. The van der Waals surface area contributed by atoms with Crippen molar-refractivity contribution < 1.29 is 40.2 Å². The number of aromatic nitrogens is 1. The standard InChI is InChI=1S/C18H17Cl2F4N3O5S/c1-27(2)33(29,30)26-16(28)12-7-13(19)10(5-15(12)21)9-32-11-6-14(20)17(25-8-11)31-4-3-18(22,23)24/h5-8H,3-4,9H2,1-2H3,(H,26,28). The molecule has 0 unspecified atom stereocenters. The SMILES string of the molecule is CN(C)S(=O)(=O)NC(=O)c1cc(Cl)c(COc2cnc(OCCC(F)(F)F)c(Cl)c2)cc1F. The summed E-state index contributed by atoms with van der Waals surface area (Å²) in [6, 6.07) is 3.07. The lowest BCUT2D eigenvalue weighted by Gasteiger charge is -2.14. The van der Waals surface area contributed by atoms with Crippen molar-refractivity contribution in [2.75, 3.05) is 20.7 Å². The van der Waals surface area contributed by atoms with E-state index in [4.69, 9.17) is 32.7 Å². The summed E-state index contributed by atoms with van der Waals surface area (Å²) >= 11 is 12.0. The second-order valence-corrected chi connectivity index (χ2v) is 9.30. The highest BCUT2D eigenvalue weighted by Gasteiger charge is 2.27. The van der Waals surface area contributed by atoms with E-state index in [0.29, 0.717) is 0 Å². The van der Waals surface area contributed by atoms with Crippen LogP contribution in [0.5, 0.6) is 11.6 Å². The Kier molecular flexibility index (Phi) is 8.74. The molecule has 0 saturated carbocycles. The Hall–Kier alpha value is -2.35. The molecule has 33 heavy (non-hydrogen) atoms. The fourth-order valence-corrected chi connectivity index (χ4v) is 3.11. The number of carbonyl (C=O) groups is 1. The van der Waals surface area contributed by atoms with Gasteiger partial charge in [-0.15, -0.1) is 0 Å². The number of halogens is 6. The largest absolute Gasteiger partial charge is 0.487 e. The Balaban J connectivity index is 2.06. The number of pyridine rings is 1. The van der Waals surface area contributed by atoms with E-state index in [1.54, 1.807) is 4.72 Å². The van der Waals surface area contributed by atoms with Gasteiger partial charge in [-0.2, -0.15) is 25.9 Å². The second kappa shape index (κ2) is 10.7. The maximum Gasteiger partial charge on any atom is 0.392 e. The zero-order valence-corrected chi connectivity index (χ0v) is 19.4. The molecule has 0 fully saturated rings. The van der Waals surface area contributed by atoms with Gasteiger partial charge >= 0.3 is 16.4 Å². The molecule has 1 aromatic heterocycles. The number of alkyl halides is 3. The average molecular weight is 534 g/mol. The molecule has 1 heterocycles. The third-order valence-corrected chi connectivity index (χ3v) is 5.91. The molecule has 0 aliphatic rings. The van der Waals surface area contributed by atoms with E-state index in [9.17, 15) is 30.8 Å². The van der Waals surface area contributed by atoms with Crippen molar-refractivity contribution in [3.8, 4) is 11.6 Å². The lowest BCUT2D eigenvalue weighted by Crippen LogP contribution is -2.39. The van der Waals surface area contributed by atoms with Gasteiger partial charge in [0.05, 0.1) is 24.8 Å². The molecule has 0 aliphatic heterocycles. The van der Waals surface area contributed by atoms with Crippen molar-refractivity contribution in [3.63, 3.8) is 0 Å². The summed E-state index contributed by atoms with van der Waals surface area (Å²) < 4.78 is 87.1. The van der Waals surface area contributed by atoms with E-state index in [2.05, 4.69) is 4.98 Å². The summed E-state index contributed by atoms with van der Waals surface area (Å²) in [6.45, 7) is -0.957. The molecule has 1 aromatic carbocycles. The van der Waals surface area contributed by atoms with Gasteiger partial charge in [0, 0.05) is 30.7 Å². The normalized spacial score (nSPS) is 12.0. The van der Waals surface area contributed by atoms with Gasteiger partial charge in [-0.3, -0.25) is 4.79 Å². The average Bonchev–Trinajstić information content (AvgIpc) is 2.68. The summed E-state index contributed by atoms with van der Waals surface area (Å²) in [6.07, 6.45) is -4.43. The summed E-state index contributed by atoms with van der Waals surface area (Å²) in [7, 11) is -1.77. The van der Waals surface area contributed by atoms with E-state index >= 15 is 0 Å². The van der Waals surface area contributed by atoms with Gasteiger partial charge in [-0.25, -0.2) is 14.1 Å². The van der Waals surface area contributed by atoms with Crippen molar-refractivity contribution in [1.29, 1.82) is 0 Å². The van der Waals surface area contributed by atoms with Gasteiger partial charge in [0.1, 0.15) is 23.2 Å². The van der Waals surface area contributed by atoms with E-state index in [1.165, 1.54) is 20.2 Å². The number of amides is 1.